The molecule has 0 aliphatic carbocycles. The molecule has 8 nitrogen and oxygen atoms in total. The zero-order chi connectivity index (χ0) is 24.5. The normalized spacial score (nSPS) is 13.7. The Morgan fingerprint density at radius 2 is 1.89 bits per heavy atom. The van der Waals surface area contributed by atoms with Gasteiger partial charge in [-0.15, -0.1) is 0 Å². The number of carbonyl (C=O) groups is 1. The van der Waals surface area contributed by atoms with Crippen LogP contribution in [-0.4, -0.2) is 28.9 Å². The van der Waals surface area contributed by atoms with E-state index in [2.05, 4.69) is 10.3 Å². The molecule has 1 N–H and O–H groups in total. The second kappa shape index (κ2) is 9.38. The first-order valence-corrected chi connectivity index (χ1v) is 11.8. The molecule has 0 radical (unpaired) electrons. The molecule has 1 saturated heterocycles. The second-order valence-electron chi connectivity index (χ2n) is 8.62. The Hall–Kier alpha value is -3.91. The molecule has 178 valence electrons. The number of aromatic nitrogens is 1. The fraction of sp³-hybridized carbons (Fsp3) is 0.231. The lowest BCUT2D eigenvalue weighted by Crippen LogP contribution is -2.30. The number of carbonyl (C=O) groups excluding carboxylic acids is 1. The Kier molecular flexibility index (Phi) is 6.13. The van der Waals surface area contributed by atoms with Gasteiger partial charge in [0.05, 0.1) is 4.92 Å². The summed E-state index contributed by atoms with van der Waals surface area (Å²) in [6.07, 6.45) is 3.13. The molecule has 0 unspecified atom stereocenters. The maximum absolute atomic E-state index is 13.1. The monoisotopic (exact) mass is 490 g/mol. The highest BCUT2D eigenvalue weighted by Gasteiger charge is 2.23. The molecular weight excluding hydrogens is 468 g/mol. The van der Waals surface area contributed by atoms with E-state index in [1.165, 1.54) is 6.07 Å². The summed E-state index contributed by atoms with van der Waals surface area (Å²) < 4.78 is 5.84. The topological polar surface area (TPSA) is 102 Å². The van der Waals surface area contributed by atoms with Gasteiger partial charge in [-0.25, -0.2) is 4.98 Å². The molecule has 0 bridgehead atoms. The number of aryl methyl sites for hydroxylation is 1. The number of piperidine rings is 1. The summed E-state index contributed by atoms with van der Waals surface area (Å²) in [4.78, 5) is 30.9. The lowest BCUT2D eigenvalue weighted by molar-refractivity contribution is -0.384. The van der Waals surface area contributed by atoms with Crippen LogP contribution in [0.1, 0.15) is 35.2 Å². The van der Waals surface area contributed by atoms with Crippen LogP contribution in [0, 0.1) is 17.0 Å². The van der Waals surface area contributed by atoms with Crippen molar-refractivity contribution in [3.63, 3.8) is 0 Å². The minimum Gasteiger partial charge on any atom is -0.436 e. The maximum Gasteiger partial charge on any atom is 0.293 e. The number of nitro groups is 1. The molecule has 1 fully saturated rings. The highest BCUT2D eigenvalue weighted by molar-refractivity contribution is 6.31. The Balaban J connectivity index is 1.42. The van der Waals surface area contributed by atoms with E-state index in [-0.39, 0.29) is 11.3 Å². The molecule has 5 rings (SSSR count). The molecule has 2 heterocycles. The standard InChI is InChI=1S/C26H23ClN4O4/c1-16-5-6-18(26-29-21-15-19(27)8-10-24(21)35-26)13-20(16)28-25(32)17-7-9-22(23(14-17)31(33)34)30-11-3-2-4-12-30/h5-10,13-15H,2-4,11-12H2,1H3,(H,28,32). The molecule has 1 amide bonds. The number of anilines is 2. The fourth-order valence-corrected chi connectivity index (χ4v) is 4.49. The third-order valence-electron chi connectivity index (χ3n) is 6.21. The average Bonchev–Trinajstić information content (AvgIpc) is 3.28. The summed E-state index contributed by atoms with van der Waals surface area (Å²) in [6.45, 7) is 3.42. The zero-order valence-electron chi connectivity index (χ0n) is 19.1. The van der Waals surface area contributed by atoms with Gasteiger partial charge in [0, 0.05) is 41.0 Å². The Labute approximate surface area is 206 Å². The van der Waals surface area contributed by atoms with Gasteiger partial charge in [-0.1, -0.05) is 17.7 Å². The predicted octanol–water partition coefficient (Wildman–Crippen LogP) is 6.61. The number of halogens is 1. The van der Waals surface area contributed by atoms with Crippen LogP contribution < -0.4 is 10.2 Å². The van der Waals surface area contributed by atoms with Crippen molar-refractivity contribution in [3.05, 3.63) is 80.9 Å². The number of amides is 1. The number of nitro benzene ring substituents is 1. The van der Waals surface area contributed by atoms with Crippen molar-refractivity contribution in [2.75, 3.05) is 23.3 Å². The van der Waals surface area contributed by atoms with E-state index in [1.807, 2.05) is 24.0 Å². The molecule has 9 heteroatoms. The van der Waals surface area contributed by atoms with Crippen LogP contribution in [0.5, 0.6) is 0 Å². The van der Waals surface area contributed by atoms with Crippen molar-refractivity contribution in [2.45, 2.75) is 26.2 Å². The number of nitrogens with one attached hydrogen (secondary N) is 1. The molecule has 0 spiro atoms. The fourth-order valence-electron chi connectivity index (χ4n) is 4.32. The summed E-state index contributed by atoms with van der Waals surface area (Å²) in [5.74, 6) is -0.0258. The van der Waals surface area contributed by atoms with Crippen LogP contribution >= 0.6 is 11.6 Å². The number of hydrogen-bond donors (Lipinski definition) is 1. The van der Waals surface area contributed by atoms with Crippen LogP contribution in [0.2, 0.25) is 5.02 Å². The minimum atomic E-state index is -0.428. The first kappa shape index (κ1) is 22.9. The minimum absolute atomic E-state index is 0.0600. The van der Waals surface area contributed by atoms with Crippen molar-refractivity contribution in [3.8, 4) is 11.5 Å². The van der Waals surface area contributed by atoms with Gasteiger partial charge in [-0.3, -0.25) is 14.9 Å². The Bertz CT molecular complexity index is 1440. The number of oxazole rings is 1. The molecule has 1 aliphatic heterocycles. The van der Waals surface area contributed by atoms with Crippen molar-refractivity contribution in [1.82, 2.24) is 4.98 Å². The van der Waals surface area contributed by atoms with Gasteiger partial charge in [0.15, 0.2) is 5.58 Å². The summed E-state index contributed by atoms with van der Waals surface area (Å²) in [5, 5.41) is 15.2. The molecule has 0 atom stereocenters. The maximum atomic E-state index is 13.1. The third kappa shape index (κ3) is 4.70. The van der Waals surface area contributed by atoms with Crippen molar-refractivity contribution < 1.29 is 14.1 Å². The van der Waals surface area contributed by atoms with Gasteiger partial charge in [-0.2, -0.15) is 0 Å². The first-order valence-electron chi connectivity index (χ1n) is 11.4. The van der Waals surface area contributed by atoms with Crippen LogP contribution in [-0.2, 0) is 0 Å². The Morgan fingerprint density at radius 1 is 1.09 bits per heavy atom. The van der Waals surface area contributed by atoms with E-state index in [9.17, 15) is 14.9 Å². The van der Waals surface area contributed by atoms with Crippen LogP contribution in [0.3, 0.4) is 0 Å². The van der Waals surface area contributed by atoms with Gasteiger partial charge in [-0.05, 0) is 74.2 Å². The summed E-state index contributed by atoms with van der Waals surface area (Å²) in [6, 6.07) is 15.4. The van der Waals surface area contributed by atoms with Gasteiger partial charge in [0.25, 0.3) is 11.6 Å². The van der Waals surface area contributed by atoms with E-state index in [0.717, 1.165) is 37.9 Å². The first-order chi connectivity index (χ1) is 16.9. The van der Waals surface area contributed by atoms with Crippen molar-refractivity contribution >= 4 is 45.7 Å². The predicted molar refractivity (Wildman–Crippen MR) is 136 cm³/mol. The SMILES string of the molecule is Cc1ccc(-c2nc3cc(Cl)ccc3o2)cc1NC(=O)c1ccc(N2CCCCC2)c([N+](=O)[O-])c1. The number of fused-ring (bicyclic) bond motifs is 1. The van der Waals surface area contributed by atoms with Crippen LogP contribution in [0.25, 0.3) is 22.6 Å². The molecule has 4 aromatic rings. The van der Waals surface area contributed by atoms with E-state index >= 15 is 0 Å². The van der Waals surface area contributed by atoms with E-state index in [4.69, 9.17) is 16.0 Å². The molecule has 0 saturated carbocycles. The van der Waals surface area contributed by atoms with E-state index < -0.39 is 10.8 Å². The van der Waals surface area contributed by atoms with Gasteiger partial charge in [0.2, 0.25) is 5.89 Å². The molecule has 3 aromatic carbocycles. The lowest BCUT2D eigenvalue weighted by atomic mass is 10.1. The molecule has 35 heavy (non-hydrogen) atoms. The summed E-state index contributed by atoms with van der Waals surface area (Å²) >= 11 is 6.05. The van der Waals surface area contributed by atoms with Gasteiger partial charge in [0.1, 0.15) is 11.2 Å². The quantitative estimate of drug-likeness (QED) is 0.249. The van der Waals surface area contributed by atoms with Gasteiger partial charge >= 0.3 is 0 Å². The number of nitrogens with zero attached hydrogens (tertiary/aromatic N) is 3. The van der Waals surface area contributed by atoms with Gasteiger partial charge < -0.3 is 14.6 Å². The smallest absolute Gasteiger partial charge is 0.293 e. The summed E-state index contributed by atoms with van der Waals surface area (Å²) in [5.41, 5.74) is 4.05. The van der Waals surface area contributed by atoms with Crippen LogP contribution in [0.15, 0.2) is 59.0 Å². The van der Waals surface area contributed by atoms with Crippen molar-refractivity contribution in [1.29, 1.82) is 0 Å². The number of hydrogen-bond acceptors (Lipinski definition) is 6. The molecule has 1 aliphatic rings. The highest BCUT2D eigenvalue weighted by atomic mass is 35.5. The van der Waals surface area contributed by atoms with E-state index in [1.54, 1.807) is 36.4 Å². The molecular formula is C26H23ClN4O4. The lowest BCUT2D eigenvalue weighted by Gasteiger charge is -2.28. The zero-order valence-corrected chi connectivity index (χ0v) is 19.8. The molecule has 1 aromatic heterocycles. The van der Waals surface area contributed by atoms with E-state index in [0.29, 0.717) is 39.0 Å². The third-order valence-corrected chi connectivity index (χ3v) is 6.45. The number of benzene rings is 3. The van der Waals surface area contributed by atoms with Crippen molar-refractivity contribution in [2.24, 2.45) is 0 Å². The average molecular weight is 491 g/mol. The number of rotatable bonds is 5. The summed E-state index contributed by atoms with van der Waals surface area (Å²) in [7, 11) is 0. The second-order valence-corrected chi connectivity index (χ2v) is 9.06. The largest absolute Gasteiger partial charge is 0.436 e. The Morgan fingerprint density at radius 3 is 2.66 bits per heavy atom. The highest BCUT2D eigenvalue weighted by Crippen LogP contribution is 2.33. The van der Waals surface area contributed by atoms with Crippen LogP contribution in [0.4, 0.5) is 17.1 Å².